The van der Waals surface area contributed by atoms with Crippen molar-refractivity contribution in [3.8, 4) is 23.0 Å². The zero-order chi connectivity index (χ0) is 16.1. The van der Waals surface area contributed by atoms with Crippen LogP contribution in [0.2, 0.25) is 0 Å². The van der Waals surface area contributed by atoms with E-state index in [4.69, 9.17) is 21.1 Å². The average molecular weight is 325 g/mol. The maximum absolute atomic E-state index is 11.1. The van der Waals surface area contributed by atoms with Crippen LogP contribution in [0, 0.1) is 0 Å². The Morgan fingerprint density at radius 2 is 1.13 bits per heavy atom. The van der Waals surface area contributed by atoms with Gasteiger partial charge in [-0.3, -0.25) is 4.79 Å². The lowest BCUT2D eigenvalue weighted by molar-refractivity contribution is 0.108. The van der Waals surface area contributed by atoms with Crippen molar-refractivity contribution < 1.29 is 14.3 Å². The maximum Gasteiger partial charge on any atom is 0.252 e. The van der Waals surface area contributed by atoms with Gasteiger partial charge in [-0.05, 0) is 60.1 Å². The van der Waals surface area contributed by atoms with E-state index in [1.807, 2.05) is 54.6 Å². The van der Waals surface area contributed by atoms with Gasteiger partial charge in [-0.25, -0.2) is 0 Å². The van der Waals surface area contributed by atoms with E-state index in [-0.39, 0.29) is 0 Å². The smallest absolute Gasteiger partial charge is 0.252 e. The molecule has 0 aliphatic carbocycles. The Balaban J connectivity index is 1.81. The predicted octanol–water partition coefficient (Wildman–Crippen LogP) is 5.65. The molecule has 0 atom stereocenters. The second kappa shape index (κ2) is 6.99. The molecule has 0 heterocycles. The lowest BCUT2D eigenvalue weighted by Gasteiger charge is -2.12. The molecule has 0 saturated heterocycles. The van der Waals surface area contributed by atoms with Gasteiger partial charge >= 0.3 is 0 Å². The van der Waals surface area contributed by atoms with Gasteiger partial charge in [0.05, 0.1) is 0 Å². The van der Waals surface area contributed by atoms with Crippen molar-refractivity contribution in [1.82, 2.24) is 0 Å². The fourth-order valence-corrected chi connectivity index (χ4v) is 2.14. The zero-order valence-electron chi connectivity index (χ0n) is 12.1. The second-order valence-corrected chi connectivity index (χ2v) is 5.11. The normalized spacial score (nSPS) is 10.1. The molecule has 3 aromatic rings. The third kappa shape index (κ3) is 3.90. The quantitative estimate of drug-likeness (QED) is 0.569. The molecule has 0 unspecified atom stereocenters. The summed E-state index contributed by atoms with van der Waals surface area (Å²) in [6.45, 7) is 0. The molecule has 0 N–H and O–H groups in total. The fraction of sp³-hybridized carbons (Fsp3) is 0. The summed E-state index contributed by atoms with van der Waals surface area (Å²) in [6.07, 6.45) is 0. The minimum atomic E-state index is -0.496. The van der Waals surface area contributed by atoms with E-state index >= 15 is 0 Å². The Morgan fingerprint density at radius 3 is 1.65 bits per heavy atom. The van der Waals surface area contributed by atoms with Crippen LogP contribution in [0.4, 0.5) is 0 Å². The van der Waals surface area contributed by atoms with Crippen LogP contribution in [-0.4, -0.2) is 5.24 Å². The summed E-state index contributed by atoms with van der Waals surface area (Å²) in [7, 11) is 0. The van der Waals surface area contributed by atoms with Crippen molar-refractivity contribution in [1.29, 1.82) is 0 Å². The maximum atomic E-state index is 11.1. The first-order valence-electron chi connectivity index (χ1n) is 7.02. The van der Waals surface area contributed by atoms with Crippen molar-refractivity contribution in [2.45, 2.75) is 0 Å². The molecule has 3 rings (SSSR count). The van der Waals surface area contributed by atoms with Gasteiger partial charge in [0, 0.05) is 5.56 Å². The average Bonchev–Trinajstić information content (AvgIpc) is 2.58. The van der Waals surface area contributed by atoms with Gasteiger partial charge < -0.3 is 9.47 Å². The number of ether oxygens (including phenoxy) is 2. The minimum absolute atomic E-state index is 0.424. The summed E-state index contributed by atoms with van der Waals surface area (Å²) in [5, 5.41) is -0.496. The van der Waals surface area contributed by atoms with E-state index in [0.29, 0.717) is 22.8 Å². The zero-order valence-corrected chi connectivity index (χ0v) is 12.9. The Hall–Kier alpha value is -2.78. The molecule has 0 fully saturated rings. The number of halogens is 1. The highest BCUT2D eigenvalue weighted by molar-refractivity contribution is 6.67. The molecule has 114 valence electrons. The second-order valence-electron chi connectivity index (χ2n) is 4.76. The Morgan fingerprint density at radius 1 is 0.652 bits per heavy atom. The van der Waals surface area contributed by atoms with Gasteiger partial charge in [0.2, 0.25) is 0 Å². The van der Waals surface area contributed by atoms with Crippen LogP contribution in [0.1, 0.15) is 10.4 Å². The molecule has 0 aromatic heterocycles. The van der Waals surface area contributed by atoms with Crippen LogP contribution >= 0.6 is 11.6 Å². The Kier molecular flexibility index (Phi) is 4.60. The summed E-state index contributed by atoms with van der Waals surface area (Å²) < 4.78 is 11.7. The summed E-state index contributed by atoms with van der Waals surface area (Å²) in [4.78, 5) is 11.1. The Bertz CT molecular complexity index is 798. The molecule has 0 radical (unpaired) electrons. The summed E-state index contributed by atoms with van der Waals surface area (Å²) >= 11 is 5.43. The largest absolute Gasteiger partial charge is 0.453 e. The Labute approximate surface area is 139 Å². The molecule has 0 bridgehead atoms. The first-order chi connectivity index (χ1) is 11.2. The van der Waals surface area contributed by atoms with Crippen LogP contribution < -0.4 is 9.47 Å². The molecule has 4 heteroatoms. The van der Waals surface area contributed by atoms with Gasteiger partial charge in [0.15, 0.2) is 11.5 Å². The van der Waals surface area contributed by atoms with Crippen LogP contribution in [-0.2, 0) is 0 Å². The van der Waals surface area contributed by atoms with Crippen molar-refractivity contribution in [2.75, 3.05) is 0 Å². The van der Waals surface area contributed by atoms with E-state index in [1.165, 1.54) is 0 Å². The molecule has 0 spiro atoms. The predicted molar refractivity (Wildman–Crippen MR) is 89.7 cm³/mol. The van der Waals surface area contributed by atoms with Crippen molar-refractivity contribution in [3.63, 3.8) is 0 Å². The number of rotatable bonds is 5. The highest BCUT2D eigenvalue weighted by atomic mass is 35.5. The van der Waals surface area contributed by atoms with E-state index in [0.717, 1.165) is 5.75 Å². The van der Waals surface area contributed by atoms with Gasteiger partial charge in [-0.2, -0.15) is 0 Å². The molecule has 0 aliphatic rings. The number of carbonyl (C=O) groups is 1. The third-order valence-electron chi connectivity index (χ3n) is 3.13. The highest BCUT2D eigenvalue weighted by Gasteiger charge is 2.08. The molecule has 0 aliphatic heterocycles. The van der Waals surface area contributed by atoms with Crippen LogP contribution in [0.25, 0.3) is 0 Å². The number of benzene rings is 3. The third-order valence-corrected chi connectivity index (χ3v) is 3.35. The lowest BCUT2D eigenvalue weighted by Crippen LogP contribution is -1.91. The molecule has 0 amide bonds. The van der Waals surface area contributed by atoms with Crippen molar-refractivity contribution in [2.24, 2.45) is 0 Å². The monoisotopic (exact) mass is 324 g/mol. The molecule has 0 saturated carbocycles. The SMILES string of the molecule is O=C(Cl)c1ccc(Oc2ccccc2Oc2ccccc2)cc1. The standard InChI is InChI=1S/C19H13ClO3/c20-19(21)14-10-12-16(13-11-14)23-18-9-5-4-8-17(18)22-15-6-2-1-3-7-15/h1-13H. The van der Waals surface area contributed by atoms with E-state index in [9.17, 15) is 4.79 Å². The first kappa shape index (κ1) is 15.1. The van der Waals surface area contributed by atoms with E-state index in [2.05, 4.69) is 0 Å². The molecular weight excluding hydrogens is 312 g/mol. The van der Waals surface area contributed by atoms with Gasteiger partial charge in [0.1, 0.15) is 11.5 Å². The van der Waals surface area contributed by atoms with E-state index < -0.39 is 5.24 Å². The van der Waals surface area contributed by atoms with Crippen LogP contribution in [0.3, 0.4) is 0 Å². The minimum Gasteiger partial charge on any atom is -0.453 e. The molecule has 3 aromatic carbocycles. The van der Waals surface area contributed by atoms with Gasteiger partial charge in [-0.1, -0.05) is 30.3 Å². The van der Waals surface area contributed by atoms with E-state index in [1.54, 1.807) is 24.3 Å². The van der Waals surface area contributed by atoms with Gasteiger partial charge in [0.25, 0.3) is 5.24 Å². The summed E-state index contributed by atoms with van der Waals surface area (Å²) in [6, 6.07) is 23.5. The van der Waals surface area contributed by atoms with Crippen molar-refractivity contribution >= 4 is 16.8 Å². The number of hydrogen-bond donors (Lipinski definition) is 0. The summed E-state index contributed by atoms with van der Waals surface area (Å²) in [5.41, 5.74) is 0.424. The highest BCUT2D eigenvalue weighted by Crippen LogP contribution is 2.34. The summed E-state index contributed by atoms with van der Waals surface area (Å²) in [5.74, 6) is 2.51. The van der Waals surface area contributed by atoms with Crippen LogP contribution in [0.15, 0.2) is 78.9 Å². The molecular formula is C19H13ClO3. The topological polar surface area (TPSA) is 35.5 Å². The van der Waals surface area contributed by atoms with Crippen molar-refractivity contribution in [3.05, 3.63) is 84.4 Å². The van der Waals surface area contributed by atoms with Crippen LogP contribution in [0.5, 0.6) is 23.0 Å². The number of hydrogen-bond acceptors (Lipinski definition) is 3. The fourth-order valence-electron chi connectivity index (χ4n) is 2.02. The first-order valence-corrected chi connectivity index (χ1v) is 7.40. The molecule has 3 nitrogen and oxygen atoms in total. The number of para-hydroxylation sites is 3. The molecule has 23 heavy (non-hydrogen) atoms. The number of carbonyl (C=O) groups excluding carboxylic acids is 1. The lowest BCUT2D eigenvalue weighted by atomic mass is 10.2. The van der Waals surface area contributed by atoms with Gasteiger partial charge in [-0.15, -0.1) is 0 Å².